The molecule has 2 atom stereocenters. The van der Waals surface area contributed by atoms with E-state index in [-0.39, 0.29) is 5.91 Å². The van der Waals surface area contributed by atoms with E-state index in [1.54, 1.807) is 0 Å². The molecule has 0 saturated heterocycles. The van der Waals surface area contributed by atoms with Crippen LogP contribution in [-0.4, -0.2) is 25.0 Å². The summed E-state index contributed by atoms with van der Waals surface area (Å²) in [6.07, 6.45) is 10.8. The van der Waals surface area contributed by atoms with Gasteiger partial charge in [-0.05, 0) is 18.8 Å². The van der Waals surface area contributed by atoms with E-state index in [0.717, 1.165) is 12.5 Å². The van der Waals surface area contributed by atoms with Crippen LogP contribution in [0.2, 0.25) is 0 Å². The van der Waals surface area contributed by atoms with Crippen molar-refractivity contribution in [2.75, 3.05) is 13.1 Å². The van der Waals surface area contributed by atoms with Crippen molar-refractivity contribution in [2.45, 2.75) is 45.1 Å². The van der Waals surface area contributed by atoms with Gasteiger partial charge in [0.05, 0.1) is 6.54 Å². The van der Waals surface area contributed by atoms with E-state index in [9.17, 15) is 4.79 Å². The predicted octanol–water partition coefficient (Wildman–Crippen LogP) is 1.29. The fraction of sp³-hybridized carbons (Fsp3) is 0.769. The smallest absolute Gasteiger partial charge is 0.222 e. The minimum absolute atomic E-state index is 0.0360. The largest absolute Gasteiger partial charge is 0.345 e. The summed E-state index contributed by atoms with van der Waals surface area (Å²) in [5.41, 5.74) is 0. The van der Waals surface area contributed by atoms with E-state index in [0.29, 0.717) is 19.0 Å². The van der Waals surface area contributed by atoms with Crippen molar-refractivity contribution in [1.29, 1.82) is 0 Å². The lowest BCUT2D eigenvalue weighted by Gasteiger charge is -2.29. The molecule has 16 heavy (non-hydrogen) atoms. The maximum atomic E-state index is 11.3. The number of rotatable bonds is 5. The van der Waals surface area contributed by atoms with E-state index < -0.39 is 0 Å². The first-order chi connectivity index (χ1) is 7.74. The van der Waals surface area contributed by atoms with E-state index in [1.165, 1.54) is 25.7 Å². The summed E-state index contributed by atoms with van der Waals surface area (Å²) in [5, 5.41) is 6.13. The van der Waals surface area contributed by atoms with Crippen molar-refractivity contribution in [3.8, 4) is 12.3 Å². The van der Waals surface area contributed by atoms with Crippen LogP contribution in [0.25, 0.3) is 0 Å². The SMILES string of the molecule is C#CCNC(=O)CCNC1CCCCC1C. The molecule has 0 aromatic carbocycles. The van der Waals surface area contributed by atoms with E-state index in [4.69, 9.17) is 6.42 Å². The molecule has 1 aliphatic rings. The molecule has 90 valence electrons. The first-order valence-corrected chi connectivity index (χ1v) is 6.17. The summed E-state index contributed by atoms with van der Waals surface area (Å²) in [5.74, 6) is 3.17. The molecule has 1 rings (SSSR count). The Morgan fingerprint density at radius 1 is 1.44 bits per heavy atom. The van der Waals surface area contributed by atoms with Crippen LogP contribution in [-0.2, 0) is 4.79 Å². The Hall–Kier alpha value is -1.01. The number of nitrogens with one attached hydrogen (secondary N) is 2. The molecule has 3 nitrogen and oxygen atoms in total. The average molecular weight is 222 g/mol. The van der Waals surface area contributed by atoms with Crippen LogP contribution in [0.4, 0.5) is 0 Å². The van der Waals surface area contributed by atoms with Crippen molar-refractivity contribution >= 4 is 5.91 Å². The van der Waals surface area contributed by atoms with E-state index in [2.05, 4.69) is 23.5 Å². The fourth-order valence-electron chi connectivity index (χ4n) is 2.23. The monoisotopic (exact) mass is 222 g/mol. The summed E-state index contributed by atoms with van der Waals surface area (Å²) in [4.78, 5) is 11.3. The minimum Gasteiger partial charge on any atom is -0.345 e. The molecule has 0 radical (unpaired) electrons. The lowest BCUT2D eigenvalue weighted by Crippen LogP contribution is -2.39. The number of hydrogen-bond acceptors (Lipinski definition) is 2. The number of carbonyl (C=O) groups is 1. The van der Waals surface area contributed by atoms with Crippen LogP contribution in [0, 0.1) is 18.3 Å². The van der Waals surface area contributed by atoms with Crippen LogP contribution < -0.4 is 10.6 Å². The predicted molar refractivity (Wildman–Crippen MR) is 65.9 cm³/mol. The topological polar surface area (TPSA) is 41.1 Å². The quantitative estimate of drug-likeness (QED) is 0.688. The van der Waals surface area contributed by atoms with Crippen LogP contribution in [0.5, 0.6) is 0 Å². The van der Waals surface area contributed by atoms with Gasteiger partial charge in [0.2, 0.25) is 5.91 Å². The summed E-state index contributed by atoms with van der Waals surface area (Å²) in [6.45, 7) is 3.37. The summed E-state index contributed by atoms with van der Waals surface area (Å²) >= 11 is 0. The van der Waals surface area contributed by atoms with Gasteiger partial charge < -0.3 is 10.6 Å². The van der Waals surface area contributed by atoms with Crippen molar-refractivity contribution in [3.63, 3.8) is 0 Å². The van der Waals surface area contributed by atoms with E-state index >= 15 is 0 Å². The molecule has 3 heteroatoms. The highest BCUT2D eigenvalue weighted by molar-refractivity contribution is 5.76. The number of hydrogen-bond donors (Lipinski definition) is 2. The molecule has 0 aromatic rings. The summed E-state index contributed by atoms with van der Waals surface area (Å²) < 4.78 is 0. The Bertz CT molecular complexity index is 257. The second-order valence-electron chi connectivity index (χ2n) is 4.55. The van der Waals surface area contributed by atoms with Crippen LogP contribution in [0.3, 0.4) is 0 Å². The number of carbonyl (C=O) groups excluding carboxylic acids is 1. The molecule has 0 heterocycles. The maximum Gasteiger partial charge on any atom is 0.222 e. The third-order valence-electron chi connectivity index (χ3n) is 3.26. The van der Waals surface area contributed by atoms with E-state index in [1.807, 2.05) is 0 Å². The van der Waals surface area contributed by atoms with Crippen molar-refractivity contribution in [1.82, 2.24) is 10.6 Å². The molecule has 0 aromatic heterocycles. The molecular weight excluding hydrogens is 200 g/mol. The molecule has 1 saturated carbocycles. The van der Waals surface area contributed by atoms with Crippen molar-refractivity contribution < 1.29 is 4.79 Å². The highest BCUT2D eigenvalue weighted by Gasteiger charge is 2.20. The molecule has 2 unspecified atom stereocenters. The van der Waals surface area contributed by atoms with Gasteiger partial charge in [0.1, 0.15) is 0 Å². The lowest BCUT2D eigenvalue weighted by atomic mass is 9.86. The number of amides is 1. The Morgan fingerprint density at radius 2 is 2.19 bits per heavy atom. The highest BCUT2D eigenvalue weighted by Crippen LogP contribution is 2.23. The summed E-state index contributed by atoms with van der Waals surface area (Å²) in [6, 6.07) is 0.592. The normalized spacial score (nSPS) is 24.8. The Balaban J connectivity index is 2.10. The molecule has 1 amide bonds. The fourth-order valence-corrected chi connectivity index (χ4v) is 2.23. The average Bonchev–Trinajstić information content (AvgIpc) is 2.29. The van der Waals surface area contributed by atoms with Crippen molar-refractivity contribution in [3.05, 3.63) is 0 Å². The third kappa shape index (κ3) is 4.67. The molecular formula is C13H22N2O. The maximum absolute atomic E-state index is 11.3. The third-order valence-corrected chi connectivity index (χ3v) is 3.26. The lowest BCUT2D eigenvalue weighted by molar-refractivity contribution is -0.120. The standard InChI is InChI=1S/C13H22N2O/c1-3-9-15-13(16)8-10-14-12-7-5-4-6-11(12)2/h1,11-12,14H,4-10H2,2H3,(H,15,16). The Morgan fingerprint density at radius 3 is 2.88 bits per heavy atom. The van der Waals surface area contributed by atoms with Gasteiger partial charge in [-0.2, -0.15) is 0 Å². The molecule has 1 aliphatic carbocycles. The van der Waals surface area contributed by atoms with Gasteiger partial charge in [0.25, 0.3) is 0 Å². The van der Waals surface area contributed by atoms with Gasteiger partial charge in [-0.25, -0.2) is 0 Å². The number of terminal acetylenes is 1. The zero-order valence-electron chi connectivity index (χ0n) is 10.1. The summed E-state index contributed by atoms with van der Waals surface area (Å²) in [7, 11) is 0. The first kappa shape index (κ1) is 13.1. The van der Waals surface area contributed by atoms with Gasteiger partial charge in [0, 0.05) is 19.0 Å². The van der Waals surface area contributed by atoms with Crippen LogP contribution >= 0.6 is 0 Å². The minimum atomic E-state index is 0.0360. The van der Waals surface area contributed by atoms with Gasteiger partial charge in [-0.1, -0.05) is 25.7 Å². The van der Waals surface area contributed by atoms with Gasteiger partial charge in [-0.3, -0.25) is 4.79 Å². The Labute approximate surface area is 98.4 Å². The van der Waals surface area contributed by atoms with Gasteiger partial charge >= 0.3 is 0 Å². The molecule has 1 fully saturated rings. The first-order valence-electron chi connectivity index (χ1n) is 6.17. The van der Waals surface area contributed by atoms with Crippen molar-refractivity contribution in [2.24, 2.45) is 5.92 Å². The van der Waals surface area contributed by atoms with Crippen LogP contribution in [0.15, 0.2) is 0 Å². The molecule has 0 spiro atoms. The second-order valence-corrected chi connectivity index (χ2v) is 4.55. The molecule has 0 bridgehead atoms. The molecule has 0 aliphatic heterocycles. The van der Waals surface area contributed by atoms with Crippen LogP contribution in [0.1, 0.15) is 39.0 Å². The van der Waals surface area contributed by atoms with Gasteiger partial charge in [0.15, 0.2) is 0 Å². The van der Waals surface area contributed by atoms with Gasteiger partial charge in [-0.15, -0.1) is 6.42 Å². The molecule has 2 N–H and O–H groups in total. The zero-order chi connectivity index (χ0) is 11.8. The highest BCUT2D eigenvalue weighted by atomic mass is 16.1. The zero-order valence-corrected chi connectivity index (χ0v) is 10.1. The Kier molecular flexibility index (Phi) is 5.95. The second kappa shape index (κ2) is 7.29.